The molecule has 1 amide bonds. The second-order valence-electron chi connectivity index (χ2n) is 3.98. The monoisotopic (exact) mass is 207 g/mol. The maximum atomic E-state index is 11.6. The van der Waals surface area contributed by atoms with Crippen LogP contribution in [-0.2, 0) is 11.8 Å². The highest BCUT2D eigenvalue weighted by Crippen LogP contribution is 2.33. The van der Waals surface area contributed by atoms with Gasteiger partial charge < -0.3 is 15.6 Å². The Balaban J connectivity index is 2.14. The number of hydrogen-bond acceptors (Lipinski definition) is 3. The maximum Gasteiger partial charge on any atom is 0.250 e. The van der Waals surface area contributed by atoms with Crippen LogP contribution in [0.2, 0.25) is 0 Å². The number of nitrogens with two attached hydrogens (primary N) is 1. The Labute approximate surface area is 86.9 Å². The first-order valence-corrected chi connectivity index (χ1v) is 4.78. The summed E-state index contributed by atoms with van der Waals surface area (Å²) in [6, 6.07) is 2.98. The van der Waals surface area contributed by atoms with E-state index in [1.165, 1.54) is 10.6 Å². The van der Waals surface area contributed by atoms with E-state index >= 15 is 0 Å². The molecule has 1 aliphatic carbocycles. The molecule has 2 rings (SSSR count). The molecule has 5 heteroatoms. The fraction of sp³-hybridized carbons (Fsp3) is 0.400. The first-order valence-electron chi connectivity index (χ1n) is 4.78. The second kappa shape index (κ2) is 3.20. The van der Waals surface area contributed by atoms with E-state index in [9.17, 15) is 9.59 Å². The number of pyridine rings is 1. The zero-order valence-electron chi connectivity index (χ0n) is 8.49. The van der Waals surface area contributed by atoms with Gasteiger partial charge in [0, 0.05) is 19.3 Å². The van der Waals surface area contributed by atoms with E-state index in [4.69, 9.17) is 5.73 Å². The molecule has 3 N–H and O–H groups in total. The topological polar surface area (TPSA) is 77.1 Å². The van der Waals surface area contributed by atoms with Crippen molar-refractivity contribution in [1.82, 2.24) is 4.57 Å². The molecular formula is C10H13N3O2. The van der Waals surface area contributed by atoms with Crippen molar-refractivity contribution in [3.8, 4) is 0 Å². The van der Waals surface area contributed by atoms with E-state index < -0.39 is 5.54 Å². The summed E-state index contributed by atoms with van der Waals surface area (Å²) in [5.74, 6) is -0.179. The predicted molar refractivity (Wildman–Crippen MR) is 56.5 cm³/mol. The third-order valence-corrected chi connectivity index (χ3v) is 2.58. The van der Waals surface area contributed by atoms with Crippen molar-refractivity contribution in [1.29, 1.82) is 0 Å². The predicted octanol–water partition coefficient (Wildman–Crippen LogP) is -0.185. The molecule has 1 heterocycles. The van der Waals surface area contributed by atoms with Gasteiger partial charge in [0.2, 0.25) is 11.5 Å². The highest BCUT2D eigenvalue weighted by atomic mass is 16.2. The number of aryl methyl sites for hydroxylation is 1. The van der Waals surface area contributed by atoms with Gasteiger partial charge >= 0.3 is 0 Å². The summed E-state index contributed by atoms with van der Waals surface area (Å²) in [4.78, 5) is 22.7. The summed E-state index contributed by atoms with van der Waals surface area (Å²) in [5.41, 5.74) is 5.53. The Hall–Kier alpha value is -1.62. The lowest BCUT2D eigenvalue weighted by Gasteiger charge is -2.10. The van der Waals surface area contributed by atoms with Crippen molar-refractivity contribution in [2.24, 2.45) is 12.8 Å². The zero-order valence-corrected chi connectivity index (χ0v) is 8.49. The van der Waals surface area contributed by atoms with E-state index in [-0.39, 0.29) is 11.5 Å². The average molecular weight is 207 g/mol. The van der Waals surface area contributed by atoms with Gasteiger partial charge in [-0.2, -0.15) is 0 Å². The van der Waals surface area contributed by atoms with E-state index in [1.54, 1.807) is 19.3 Å². The fourth-order valence-electron chi connectivity index (χ4n) is 1.29. The fourth-order valence-corrected chi connectivity index (χ4v) is 1.29. The molecule has 1 fully saturated rings. The molecule has 1 aromatic rings. The molecule has 0 aromatic carbocycles. The van der Waals surface area contributed by atoms with Crippen LogP contribution in [-0.4, -0.2) is 16.0 Å². The number of amides is 1. The van der Waals surface area contributed by atoms with Crippen molar-refractivity contribution >= 4 is 11.6 Å². The average Bonchev–Trinajstić information content (AvgIpc) is 2.92. The number of carbonyl (C=O) groups is 1. The number of anilines is 1. The maximum absolute atomic E-state index is 11.6. The number of carbonyl (C=O) groups excluding carboxylic acids is 1. The number of hydrogen-bond donors (Lipinski definition) is 2. The van der Waals surface area contributed by atoms with Gasteiger partial charge in [0.25, 0.3) is 0 Å². The minimum absolute atomic E-state index is 0.109. The third kappa shape index (κ3) is 1.92. The summed E-state index contributed by atoms with van der Waals surface area (Å²) >= 11 is 0. The van der Waals surface area contributed by atoms with Gasteiger partial charge in [-0.3, -0.25) is 9.59 Å². The molecule has 15 heavy (non-hydrogen) atoms. The van der Waals surface area contributed by atoms with Crippen LogP contribution in [0.15, 0.2) is 23.1 Å². The molecule has 0 atom stereocenters. The molecule has 0 saturated heterocycles. The highest BCUT2D eigenvalue weighted by molar-refractivity contribution is 5.99. The van der Waals surface area contributed by atoms with E-state index in [2.05, 4.69) is 5.32 Å². The Bertz CT molecular complexity index is 460. The second-order valence-corrected chi connectivity index (χ2v) is 3.98. The first-order chi connectivity index (χ1) is 7.01. The summed E-state index contributed by atoms with van der Waals surface area (Å²) in [6.45, 7) is 0. The summed E-state index contributed by atoms with van der Waals surface area (Å²) < 4.78 is 1.41. The molecule has 1 aliphatic rings. The number of nitrogens with zero attached hydrogens (tertiary/aromatic N) is 1. The standard InChI is InChI=1S/C10H13N3O2/c1-13-6-7(2-3-8(13)14)12-9(15)10(11)4-5-10/h2-3,6H,4-5,11H2,1H3,(H,12,15). The lowest BCUT2D eigenvalue weighted by molar-refractivity contribution is -0.118. The van der Waals surface area contributed by atoms with E-state index in [0.717, 1.165) is 12.8 Å². The van der Waals surface area contributed by atoms with Gasteiger partial charge in [-0.05, 0) is 18.9 Å². The summed E-state index contributed by atoms with van der Waals surface area (Å²) in [6.07, 6.45) is 3.03. The summed E-state index contributed by atoms with van der Waals surface area (Å²) in [5, 5.41) is 2.69. The van der Waals surface area contributed by atoms with Crippen LogP contribution < -0.4 is 16.6 Å². The SMILES string of the molecule is Cn1cc(NC(=O)C2(N)CC2)ccc1=O. The largest absolute Gasteiger partial charge is 0.323 e. The van der Waals surface area contributed by atoms with Crippen molar-refractivity contribution in [3.05, 3.63) is 28.7 Å². The minimum atomic E-state index is -0.686. The van der Waals surface area contributed by atoms with Gasteiger partial charge in [-0.1, -0.05) is 0 Å². The first kappa shape index (κ1) is 9.92. The van der Waals surface area contributed by atoms with Crippen LogP contribution in [0.5, 0.6) is 0 Å². The van der Waals surface area contributed by atoms with Crippen molar-refractivity contribution in [2.45, 2.75) is 18.4 Å². The number of nitrogens with one attached hydrogen (secondary N) is 1. The van der Waals surface area contributed by atoms with Crippen LogP contribution >= 0.6 is 0 Å². The Morgan fingerprint density at radius 2 is 2.20 bits per heavy atom. The molecule has 0 aliphatic heterocycles. The summed E-state index contributed by atoms with van der Waals surface area (Å²) in [7, 11) is 1.63. The van der Waals surface area contributed by atoms with Crippen molar-refractivity contribution in [3.63, 3.8) is 0 Å². The van der Waals surface area contributed by atoms with Crippen LogP contribution in [0.1, 0.15) is 12.8 Å². The highest BCUT2D eigenvalue weighted by Gasteiger charge is 2.45. The van der Waals surface area contributed by atoms with Crippen LogP contribution in [0.3, 0.4) is 0 Å². The molecule has 0 unspecified atom stereocenters. The quantitative estimate of drug-likeness (QED) is 0.706. The molecule has 1 aromatic heterocycles. The lowest BCUT2D eigenvalue weighted by atomic mass is 10.2. The minimum Gasteiger partial charge on any atom is -0.323 e. The Morgan fingerprint density at radius 3 is 2.73 bits per heavy atom. The smallest absolute Gasteiger partial charge is 0.250 e. The third-order valence-electron chi connectivity index (χ3n) is 2.58. The van der Waals surface area contributed by atoms with Gasteiger partial charge in [-0.15, -0.1) is 0 Å². The zero-order chi connectivity index (χ0) is 11.1. The van der Waals surface area contributed by atoms with Crippen LogP contribution in [0.25, 0.3) is 0 Å². The molecule has 0 spiro atoms. The molecule has 1 saturated carbocycles. The van der Waals surface area contributed by atoms with Gasteiger partial charge in [0.05, 0.1) is 11.2 Å². The van der Waals surface area contributed by atoms with Gasteiger partial charge in [0.15, 0.2) is 0 Å². The van der Waals surface area contributed by atoms with E-state index in [1.807, 2.05) is 0 Å². The van der Waals surface area contributed by atoms with Crippen molar-refractivity contribution in [2.75, 3.05) is 5.32 Å². The normalized spacial score (nSPS) is 17.2. The molecule has 80 valence electrons. The number of aromatic nitrogens is 1. The van der Waals surface area contributed by atoms with Crippen molar-refractivity contribution < 1.29 is 4.79 Å². The van der Waals surface area contributed by atoms with Gasteiger partial charge in [0.1, 0.15) is 0 Å². The molecule has 0 radical (unpaired) electrons. The van der Waals surface area contributed by atoms with Crippen LogP contribution in [0, 0.1) is 0 Å². The Kier molecular flexibility index (Phi) is 2.12. The molecule has 5 nitrogen and oxygen atoms in total. The van der Waals surface area contributed by atoms with E-state index in [0.29, 0.717) is 5.69 Å². The van der Waals surface area contributed by atoms with Crippen LogP contribution in [0.4, 0.5) is 5.69 Å². The molecular weight excluding hydrogens is 194 g/mol. The molecule has 0 bridgehead atoms. The number of rotatable bonds is 2. The lowest BCUT2D eigenvalue weighted by Crippen LogP contribution is -2.38. The van der Waals surface area contributed by atoms with Gasteiger partial charge in [-0.25, -0.2) is 0 Å². The Morgan fingerprint density at radius 1 is 1.53 bits per heavy atom.